The van der Waals surface area contributed by atoms with Crippen LogP contribution in [0.25, 0.3) is 10.6 Å². The number of hydrogen-bond acceptors (Lipinski definition) is 5. The first-order valence-electron chi connectivity index (χ1n) is 9.44. The fourth-order valence-corrected chi connectivity index (χ4v) is 4.42. The molecule has 1 aromatic carbocycles. The summed E-state index contributed by atoms with van der Waals surface area (Å²) in [5.41, 5.74) is 1.79. The van der Waals surface area contributed by atoms with Crippen molar-refractivity contribution in [3.8, 4) is 22.1 Å². The average Bonchev–Trinajstić information content (AvgIpc) is 3.15. The molecule has 1 aliphatic rings. The van der Waals surface area contributed by atoms with Gasteiger partial charge in [0.25, 0.3) is 0 Å². The summed E-state index contributed by atoms with van der Waals surface area (Å²) in [4.78, 5) is 19.3. The number of nitrogens with zero attached hydrogens (tertiary/aromatic N) is 2. The lowest BCUT2D eigenvalue weighted by Gasteiger charge is -2.33. The van der Waals surface area contributed by atoms with E-state index >= 15 is 0 Å². The zero-order valence-electron chi connectivity index (χ0n) is 16.5. The van der Waals surface area contributed by atoms with Gasteiger partial charge in [-0.1, -0.05) is 6.92 Å². The number of carbonyl (C=O) groups is 1. The molecule has 0 unspecified atom stereocenters. The molecule has 0 spiro atoms. The Morgan fingerprint density at radius 1 is 1.19 bits per heavy atom. The molecule has 27 heavy (non-hydrogen) atoms. The van der Waals surface area contributed by atoms with Crippen LogP contribution < -0.4 is 9.47 Å². The van der Waals surface area contributed by atoms with Gasteiger partial charge in [0.05, 0.1) is 26.3 Å². The van der Waals surface area contributed by atoms with Crippen LogP contribution in [0.1, 0.15) is 38.3 Å². The molecule has 1 saturated carbocycles. The standard InChI is InChI=1S/C21H28N2O3S/c1-14-5-8-17(9-6-14)23(2)20(24)12-16-13-27-21(22-16)15-7-10-18(25-3)19(11-15)26-4/h7,10-11,13-14,17H,5-6,8-9,12H2,1-4H3. The van der Waals surface area contributed by atoms with E-state index in [0.29, 0.717) is 24.0 Å². The third-order valence-electron chi connectivity index (χ3n) is 5.44. The van der Waals surface area contributed by atoms with Crippen LogP contribution in [0, 0.1) is 5.92 Å². The lowest BCUT2D eigenvalue weighted by molar-refractivity contribution is -0.132. The molecule has 0 saturated heterocycles. The molecule has 0 radical (unpaired) electrons. The molecular formula is C21H28N2O3S. The lowest BCUT2D eigenvalue weighted by Crippen LogP contribution is -2.40. The van der Waals surface area contributed by atoms with Crippen molar-refractivity contribution in [3.05, 3.63) is 29.3 Å². The van der Waals surface area contributed by atoms with E-state index in [4.69, 9.17) is 9.47 Å². The van der Waals surface area contributed by atoms with Gasteiger partial charge in [-0.05, 0) is 49.8 Å². The predicted octanol–water partition coefficient (Wildman–Crippen LogP) is 4.41. The van der Waals surface area contributed by atoms with Crippen LogP contribution in [-0.4, -0.2) is 43.1 Å². The van der Waals surface area contributed by atoms with E-state index in [2.05, 4.69) is 11.9 Å². The summed E-state index contributed by atoms with van der Waals surface area (Å²) < 4.78 is 10.7. The van der Waals surface area contributed by atoms with Crippen molar-refractivity contribution >= 4 is 17.2 Å². The largest absolute Gasteiger partial charge is 0.493 e. The summed E-state index contributed by atoms with van der Waals surface area (Å²) in [6.45, 7) is 2.29. The molecule has 1 aromatic heterocycles. The number of ether oxygens (including phenoxy) is 2. The van der Waals surface area contributed by atoms with E-state index in [1.165, 1.54) is 12.8 Å². The quantitative estimate of drug-likeness (QED) is 0.736. The minimum Gasteiger partial charge on any atom is -0.493 e. The van der Waals surface area contributed by atoms with Gasteiger partial charge in [-0.3, -0.25) is 4.79 Å². The molecule has 2 aromatic rings. The first kappa shape index (κ1) is 19.7. The minimum absolute atomic E-state index is 0.152. The Bertz CT molecular complexity index is 781. The second-order valence-electron chi connectivity index (χ2n) is 7.31. The van der Waals surface area contributed by atoms with Gasteiger partial charge in [0.15, 0.2) is 11.5 Å². The number of likely N-dealkylation sites (N-methyl/N-ethyl adjacent to an activating group) is 1. The number of amides is 1. The third kappa shape index (κ3) is 4.61. The highest BCUT2D eigenvalue weighted by atomic mass is 32.1. The molecule has 3 rings (SSSR count). The van der Waals surface area contributed by atoms with Crippen molar-refractivity contribution in [3.63, 3.8) is 0 Å². The summed E-state index contributed by atoms with van der Waals surface area (Å²) in [7, 11) is 5.17. The summed E-state index contributed by atoms with van der Waals surface area (Å²) in [5.74, 6) is 2.30. The second-order valence-corrected chi connectivity index (χ2v) is 8.17. The van der Waals surface area contributed by atoms with E-state index in [-0.39, 0.29) is 5.91 Å². The van der Waals surface area contributed by atoms with Crippen molar-refractivity contribution in [2.24, 2.45) is 5.92 Å². The fraction of sp³-hybridized carbons (Fsp3) is 0.524. The third-order valence-corrected chi connectivity index (χ3v) is 6.38. The maximum absolute atomic E-state index is 12.7. The highest BCUT2D eigenvalue weighted by Gasteiger charge is 2.25. The lowest BCUT2D eigenvalue weighted by atomic mass is 9.86. The van der Waals surface area contributed by atoms with Gasteiger partial charge in [-0.15, -0.1) is 11.3 Å². The topological polar surface area (TPSA) is 51.7 Å². The Hall–Kier alpha value is -2.08. The minimum atomic E-state index is 0.152. The molecule has 0 atom stereocenters. The Morgan fingerprint density at radius 2 is 1.89 bits per heavy atom. The van der Waals surface area contributed by atoms with E-state index in [1.807, 2.05) is 35.5 Å². The number of methoxy groups -OCH3 is 2. The molecule has 146 valence electrons. The average molecular weight is 389 g/mol. The predicted molar refractivity (Wildman–Crippen MR) is 109 cm³/mol. The van der Waals surface area contributed by atoms with Crippen LogP contribution in [0.5, 0.6) is 11.5 Å². The summed E-state index contributed by atoms with van der Waals surface area (Å²) in [5, 5.41) is 2.86. The number of benzene rings is 1. The van der Waals surface area contributed by atoms with Crippen molar-refractivity contribution in [1.29, 1.82) is 0 Å². The van der Waals surface area contributed by atoms with Crippen LogP contribution in [0.2, 0.25) is 0 Å². The van der Waals surface area contributed by atoms with Crippen molar-refractivity contribution in [1.82, 2.24) is 9.88 Å². The Labute approximate surface area is 165 Å². The molecule has 0 N–H and O–H groups in total. The van der Waals surface area contributed by atoms with Crippen LogP contribution in [-0.2, 0) is 11.2 Å². The van der Waals surface area contributed by atoms with Crippen molar-refractivity contribution < 1.29 is 14.3 Å². The van der Waals surface area contributed by atoms with E-state index in [0.717, 1.165) is 35.0 Å². The molecule has 6 heteroatoms. The zero-order chi connectivity index (χ0) is 19.4. The van der Waals surface area contributed by atoms with Crippen LogP contribution in [0.15, 0.2) is 23.6 Å². The van der Waals surface area contributed by atoms with Gasteiger partial charge in [0.2, 0.25) is 5.91 Å². The maximum atomic E-state index is 12.7. The molecule has 1 aliphatic carbocycles. The molecule has 0 aliphatic heterocycles. The molecule has 1 fully saturated rings. The Morgan fingerprint density at radius 3 is 2.56 bits per heavy atom. The van der Waals surface area contributed by atoms with Crippen molar-refractivity contribution in [2.75, 3.05) is 21.3 Å². The molecular weight excluding hydrogens is 360 g/mol. The first-order chi connectivity index (χ1) is 13.0. The number of aromatic nitrogens is 1. The SMILES string of the molecule is COc1ccc(-c2nc(CC(=O)N(C)C3CCC(C)CC3)cs2)cc1OC. The van der Waals surface area contributed by atoms with E-state index < -0.39 is 0 Å². The fourth-order valence-electron chi connectivity index (χ4n) is 3.60. The monoisotopic (exact) mass is 388 g/mol. The normalized spacial score (nSPS) is 19.6. The van der Waals surface area contributed by atoms with Gasteiger partial charge in [-0.25, -0.2) is 4.98 Å². The van der Waals surface area contributed by atoms with Crippen molar-refractivity contribution in [2.45, 2.75) is 45.1 Å². The zero-order valence-corrected chi connectivity index (χ0v) is 17.3. The van der Waals surface area contributed by atoms with E-state index in [1.54, 1.807) is 25.6 Å². The summed E-state index contributed by atoms with van der Waals surface area (Å²) >= 11 is 1.55. The number of hydrogen-bond donors (Lipinski definition) is 0. The number of rotatable bonds is 6. The molecule has 0 bridgehead atoms. The van der Waals surface area contributed by atoms with Gasteiger partial charge < -0.3 is 14.4 Å². The number of thiazole rings is 1. The van der Waals surface area contributed by atoms with Crippen LogP contribution in [0.3, 0.4) is 0 Å². The van der Waals surface area contributed by atoms with Crippen LogP contribution >= 0.6 is 11.3 Å². The summed E-state index contributed by atoms with van der Waals surface area (Å²) in [6.07, 6.45) is 4.99. The molecule has 1 heterocycles. The van der Waals surface area contributed by atoms with Crippen LogP contribution in [0.4, 0.5) is 0 Å². The highest BCUT2D eigenvalue weighted by molar-refractivity contribution is 7.13. The Balaban J connectivity index is 1.66. The highest BCUT2D eigenvalue weighted by Crippen LogP contribution is 2.33. The summed E-state index contributed by atoms with van der Waals surface area (Å²) in [6, 6.07) is 6.12. The van der Waals surface area contributed by atoms with Gasteiger partial charge in [0.1, 0.15) is 5.01 Å². The molecule has 1 amide bonds. The van der Waals surface area contributed by atoms with Gasteiger partial charge in [-0.2, -0.15) is 0 Å². The first-order valence-corrected chi connectivity index (χ1v) is 10.3. The second kappa shape index (κ2) is 8.74. The maximum Gasteiger partial charge on any atom is 0.228 e. The number of carbonyl (C=O) groups excluding carboxylic acids is 1. The van der Waals surface area contributed by atoms with Gasteiger partial charge >= 0.3 is 0 Å². The smallest absolute Gasteiger partial charge is 0.228 e. The van der Waals surface area contributed by atoms with E-state index in [9.17, 15) is 4.79 Å². The van der Waals surface area contributed by atoms with Gasteiger partial charge in [0, 0.05) is 24.0 Å². The Kier molecular flexibility index (Phi) is 6.37. The molecule has 5 nitrogen and oxygen atoms in total.